The van der Waals surface area contributed by atoms with Gasteiger partial charge in [0.25, 0.3) is 0 Å². The highest BCUT2D eigenvalue weighted by Crippen LogP contribution is 2.65. The number of carbonyl (C=O) groups excluding carboxylic acids is 2. The van der Waals surface area contributed by atoms with Crippen molar-refractivity contribution in [2.24, 2.45) is 0 Å². The zero-order valence-electron chi connectivity index (χ0n) is 19.6. The maximum atomic E-state index is 12.7. The van der Waals surface area contributed by atoms with Gasteiger partial charge in [0.15, 0.2) is 35.9 Å². The van der Waals surface area contributed by atoms with Gasteiger partial charge in [0.1, 0.15) is 5.76 Å². The minimum absolute atomic E-state index is 0.0325. The number of hydrogen-bond acceptors (Lipinski definition) is 11. The fraction of sp³-hybridized carbons (Fsp3) is 0.542. The van der Waals surface area contributed by atoms with Crippen molar-refractivity contribution < 1.29 is 54.1 Å². The maximum absolute atomic E-state index is 12.7. The highest BCUT2D eigenvalue weighted by molar-refractivity contribution is 5.87. The van der Waals surface area contributed by atoms with E-state index >= 15 is 0 Å². The number of carbonyl (C=O) groups is 3. The van der Waals surface area contributed by atoms with Gasteiger partial charge in [-0.05, 0) is 51.1 Å². The molecule has 1 spiro atoms. The average Bonchev–Trinajstić information content (AvgIpc) is 3.19. The number of likely N-dealkylation sites (tertiary alicyclic amines) is 1. The van der Waals surface area contributed by atoms with E-state index in [0.717, 1.165) is 12.5 Å². The van der Waals surface area contributed by atoms with Crippen molar-refractivity contribution in [3.8, 4) is 11.5 Å². The number of hydrogen-bond donors (Lipinski definition) is 5. The van der Waals surface area contributed by atoms with Gasteiger partial charge in [-0.1, -0.05) is 6.07 Å². The zero-order valence-corrected chi connectivity index (χ0v) is 19.6. The molecule has 1 fully saturated rings. The lowest BCUT2D eigenvalue weighted by molar-refractivity contribution is -0.182. The molecule has 2 aliphatic heterocycles. The molecular formula is C24H27NO11. The number of carboxylic acids is 1. The second-order valence-electron chi connectivity index (χ2n) is 9.83. The van der Waals surface area contributed by atoms with E-state index in [1.54, 1.807) is 6.07 Å². The summed E-state index contributed by atoms with van der Waals surface area (Å²) in [7, 11) is 1.92. The molecule has 2 aliphatic carbocycles. The van der Waals surface area contributed by atoms with Crippen molar-refractivity contribution in [1.82, 2.24) is 4.90 Å². The number of phenolic OH excluding ortho intramolecular Hbond substituents is 1. The second kappa shape index (κ2) is 8.17. The summed E-state index contributed by atoms with van der Waals surface area (Å²) in [6.45, 7) is 1.65. The van der Waals surface area contributed by atoms with Crippen LogP contribution in [0, 0.1) is 0 Å². The van der Waals surface area contributed by atoms with Gasteiger partial charge in [-0.25, -0.2) is 14.4 Å². The summed E-state index contributed by atoms with van der Waals surface area (Å²) in [6, 6.07) is 3.05. The molecule has 2 bridgehead atoms. The Kier molecular flexibility index (Phi) is 5.56. The third kappa shape index (κ3) is 3.18. The van der Waals surface area contributed by atoms with Crippen molar-refractivity contribution in [3.05, 3.63) is 35.1 Å². The topological polar surface area (TPSA) is 183 Å². The fourth-order valence-corrected chi connectivity index (χ4v) is 6.17. The van der Waals surface area contributed by atoms with Gasteiger partial charge in [-0.3, -0.25) is 0 Å². The number of phenols is 1. The molecule has 2 unspecified atom stereocenters. The molecule has 5 N–H and O–H groups in total. The summed E-state index contributed by atoms with van der Waals surface area (Å²) in [4.78, 5) is 37.6. The van der Waals surface area contributed by atoms with E-state index in [9.17, 15) is 34.8 Å². The van der Waals surface area contributed by atoms with Crippen LogP contribution in [-0.4, -0.2) is 98.0 Å². The largest absolute Gasteiger partial charge is 0.504 e. The van der Waals surface area contributed by atoms with Crippen LogP contribution in [0.3, 0.4) is 0 Å². The van der Waals surface area contributed by atoms with Crippen LogP contribution in [0.15, 0.2) is 24.0 Å². The maximum Gasteiger partial charge on any atom is 0.344 e. The highest BCUT2D eigenvalue weighted by atomic mass is 16.6. The number of aromatic hydroxyl groups is 1. The predicted molar refractivity (Wildman–Crippen MR) is 118 cm³/mol. The molecule has 0 radical (unpaired) electrons. The summed E-state index contributed by atoms with van der Waals surface area (Å²) in [5.74, 6) is -4.32. The third-order valence-electron chi connectivity index (χ3n) is 7.99. The molecule has 36 heavy (non-hydrogen) atoms. The van der Waals surface area contributed by atoms with E-state index in [1.165, 1.54) is 12.1 Å². The van der Waals surface area contributed by atoms with Crippen LogP contribution in [0.1, 0.15) is 30.9 Å². The summed E-state index contributed by atoms with van der Waals surface area (Å²) >= 11 is 0. The molecule has 7 atom stereocenters. The number of likely N-dealkylation sites (N-methyl/N-ethyl adjacent to an activating group) is 1. The quantitative estimate of drug-likeness (QED) is 0.296. The van der Waals surface area contributed by atoms with Gasteiger partial charge in [0, 0.05) is 18.0 Å². The summed E-state index contributed by atoms with van der Waals surface area (Å²) in [5, 5.41) is 51.7. The molecule has 1 aromatic rings. The number of benzene rings is 1. The van der Waals surface area contributed by atoms with Crippen LogP contribution in [-0.2, 0) is 35.7 Å². The van der Waals surface area contributed by atoms with E-state index in [0.29, 0.717) is 24.9 Å². The number of esters is 2. The molecule has 5 rings (SSSR count). The Balaban J connectivity index is 1.44. The van der Waals surface area contributed by atoms with Crippen molar-refractivity contribution in [3.63, 3.8) is 0 Å². The van der Waals surface area contributed by atoms with Gasteiger partial charge in [-0.2, -0.15) is 0 Å². The number of aliphatic carboxylic acids is 1. The Morgan fingerprint density at radius 2 is 1.89 bits per heavy atom. The van der Waals surface area contributed by atoms with E-state index < -0.39 is 53.3 Å². The first-order valence-corrected chi connectivity index (χ1v) is 11.6. The van der Waals surface area contributed by atoms with E-state index in [4.69, 9.17) is 14.6 Å². The summed E-state index contributed by atoms with van der Waals surface area (Å²) < 4.78 is 16.0. The molecular weight excluding hydrogens is 478 g/mol. The minimum atomic E-state index is -2.39. The van der Waals surface area contributed by atoms with Crippen molar-refractivity contribution in [2.45, 2.75) is 67.7 Å². The van der Waals surface area contributed by atoms with Gasteiger partial charge in [0.2, 0.25) is 0 Å². The number of aliphatic hydroxyl groups is 3. The van der Waals surface area contributed by atoms with E-state index in [-0.39, 0.29) is 29.7 Å². The smallest absolute Gasteiger partial charge is 0.344 e. The van der Waals surface area contributed by atoms with Gasteiger partial charge in [-0.15, -0.1) is 0 Å². The summed E-state index contributed by atoms with van der Waals surface area (Å²) in [6.07, 6.45) is -4.84. The first kappa shape index (κ1) is 24.5. The number of carboxylic acid groups (broad SMARTS) is 1. The Morgan fingerprint density at radius 3 is 2.58 bits per heavy atom. The van der Waals surface area contributed by atoms with Gasteiger partial charge >= 0.3 is 17.9 Å². The standard InChI is InChI=1S/C24H27NO11/c1-10(20(29)30)34-21(31)16(27)17(28)22(32)35-13-5-6-24(33)14-9-11-3-4-12(26)18-15(11)23(24,19(13)36-18)7-8-25(14)2/h3-5,10,14,16-17,19,26-28,33H,6-9H2,1-2H3,(H,29,30)/t10-,14+,16-,17-,19?,23?,24+/m0/s1. The second-order valence-corrected chi connectivity index (χ2v) is 9.83. The Morgan fingerprint density at radius 1 is 1.19 bits per heavy atom. The number of ether oxygens (including phenoxy) is 3. The highest BCUT2D eigenvalue weighted by Gasteiger charge is 2.72. The first-order valence-electron chi connectivity index (χ1n) is 11.6. The van der Waals surface area contributed by atoms with Gasteiger partial charge < -0.3 is 44.6 Å². The molecule has 12 heteroatoms. The first-order chi connectivity index (χ1) is 16.9. The number of nitrogens with zero attached hydrogens (tertiary/aromatic N) is 1. The molecule has 12 nitrogen and oxygen atoms in total. The van der Waals surface area contributed by atoms with Gasteiger partial charge in [0.05, 0.1) is 11.0 Å². The van der Waals surface area contributed by atoms with Crippen LogP contribution in [0.25, 0.3) is 0 Å². The van der Waals surface area contributed by atoms with Crippen molar-refractivity contribution in [1.29, 1.82) is 0 Å². The minimum Gasteiger partial charge on any atom is -0.504 e. The van der Waals surface area contributed by atoms with Crippen molar-refractivity contribution >= 4 is 17.9 Å². The van der Waals surface area contributed by atoms with E-state index in [2.05, 4.69) is 9.64 Å². The van der Waals surface area contributed by atoms with Crippen molar-refractivity contribution in [2.75, 3.05) is 13.6 Å². The normalized spacial score (nSPS) is 32.3. The molecule has 1 saturated heterocycles. The number of rotatable bonds is 6. The van der Waals surface area contributed by atoms with Crippen LogP contribution < -0.4 is 4.74 Å². The lowest BCUT2D eigenvalue weighted by atomic mass is 9.50. The molecule has 194 valence electrons. The molecule has 4 aliphatic rings. The summed E-state index contributed by atoms with van der Waals surface area (Å²) in [5.41, 5.74) is -0.741. The Hall–Kier alpha value is -3.19. The number of piperidine rings is 1. The average molecular weight is 505 g/mol. The van der Waals surface area contributed by atoms with Crippen LogP contribution in [0.4, 0.5) is 0 Å². The molecule has 1 aromatic carbocycles. The predicted octanol–water partition coefficient (Wildman–Crippen LogP) is -1.05. The molecule has 2 heterocycles. The number of aliphatic hydroxyl groups excluding tert-OH is 2. The lowest BCUT2D eigenvalue weighted by Gasteiger charge is -2.61. The van der Waals surface area contributed by atoms with E-state index in [1.807, 2.05) is 7.05 Å². The third-order valence-corrected chi connectivity index (χ3v) is 7.99. The zero-order chi connectivity index (χ0) is 26.2. The van der Waals surface area contributed by atoms with Crippen LogP contribution in [0.5, 0.6) is 11.5 Å². The molecule has 0 amide bonds. The lowest BCUT2D eigenvalue weighted by Crippen LogP contribution is -2.74. The van der Waals surface area contributed by atoms with Crippen LogP contribution >= 0.6 is 0 Å². The Labute approximate surface area is 205 Å². The Bertz CT molecular complexity index is 1180. The molecule has 0 aromatic heterocycles. The SMILES string of the molecule is C[C@H](OC(=O)[C@@H](O)[C@H](O)C(=O)OC1=CC[C@@]2(O)[C@H]3Cc4ccc(O)c5c4C2(CCN3C)C1O5)C(=O)O. The fourth-order valence-electron chi connectivity index (χ4n) is 6.17. The monoisotopic (exact) mass is 505 g/mol. The van der Waals surface area contributed by atoms with Crippen LogP contribution in [0.2, 0.25) is 0 Å². The molecule has 0 saturated carbocycles.